The predicted molar refractivity (Wildman–Crippen MR) is 122 cm³/mol. The summed E-state index contributed by atoms with van der Waals surface area (Å²) in [6, 6.07) is 13.5. The van der Waals surface area contributed by atoms with Crippen LogP contribution in [-0.4, -0.2) is 35.6 Å². The first kappa shape index (κ1) is 22.6. The number of nitrogens with zero attached hydrogens (tertiary/aromatic N) is 1. The van der Waals surface area contributed by atoms with Gasteiger partial charge in [-0.3, -0.25) is 9.10 Å². The van der Waals surface area contributed by atoms with Gasteiger partial charge in [-0.25, -0.2) is 8.42 Å². The molecule has 0 aliphatic heterocycles. The largest absolute Gasteiger partial charge is 0.497 e. The van der Waals surface area contributed by atoms with Gasteiger partial charge >= 0.3 is 0 Å². The lowest BCUT2D eigenvalue weighted by atomic mass is 10.2. The Labute approximate surface area is 186 Å². The summed E-state index contributed by atoms with van der Waals surface area (Å²) < 4.78 is 37.7. The highest BCUT2D eigenvalue weighted by Gasteiger charge is 2.26. The number of ether oxygens (including phenoxy) is 2. The molecule has 164 valence electrons. The lowest BCUT2D eigenvalue weighted by molar-refractivity contribution is 0.0955. The first-order valence-corrected chi connectivity index (χ1v) is 11.7. The van der Waals surface area contributed by atoms with Gasteiger partial charge in [0.15, 0.2) is 0 Å². The van der Waals surface area contributed by atoms with E-state index in [1.54, 1.807) is 68.1 Å². The number of sulfonamides is 1. The molecule has 1 aromatic heterocycles. The van der Waals surface area contributed by atoms with Crippen LogP contribution in [0.4, 0.5) is 5.69 Å². The number of aryl methyl sites for hydroxylation is 1. The van der Waals surface area contributed by atoms with Gasteiger partial charge in [0.2, 0.25) is 0 Å². The molecule has 0 saturated heterocycles. The van der Waals surface area contributed by atoms with Crippen LogP contribution >= 0.6 is 11.3 Å². The Morgan fingerprint density at radius 2 is 1.77 bits per heavy atom. The van der Waals surface area contributed by atoms with Gasteiger partial charge in [0.05, 0.1) is 24.8 Å². The summed E-state index contributed by atoms with van der Waals surface area (Å²) in [4.78, 5) is 13.3. The maximum absolute atomic E-state index is 13.0. The van der Waals surface area contributed by atoms with E-state index in [2.05, 4.69) is 5.32 Å². The van der Waals surface area contributed by atoms with E-state index in [4.69, 9.17) is 9.47 Å². The standard InChI is InChI=1S/C22H24N2O5S2/c1-15-5-8-18(9-6-15)31(26,27)24(2)19-11-12-30-21(19)22(25)23-14-16-13-17(28-3)7-10-20(16)29-4/h5-13H,14H2,1-4H3,(H,23,25). The Morgan fingerprint density at radius 1 is 1.06 bits per heavy atom. The monoisotopic (exact) mass is 460 g/mol. The first-order valence-electron chi connectivity index (χ1n) is 9.40. The van der Waals surface area contributed by atoms with Crippen molar-refractivity contribution in [1.29, 1.82) is 0 Å². The zero-order valence-electron chi connectivity index (χ0n) is 17.7. The van der Waals surface area contributed by atoms with Gasteiger partial charge in [0, 0.05) is 19.2 Å². The minimum atomic E-state index is -3.80. The van der Waals surface area contributed by atoms with E-state index >= 15 is 0 Å². The highest BCUT2D eigenvalue weighted by molar-refractivity contribution is 7.92. The molecule has 1 heterocycles. The van der Waals surface area contributed by atoms with E-state index in [9.17, 15) is 13.2 Å². The van der Waals surface area contributed by atoms with Gasteiger partial charge < -0.3 is 14.8 Å². The molecule has 0 saturated carbocycles. The molecule has 31 heavy (non-hydrogen) atoms. The average molecular weight is 461 g/mol. The molecule has 1 amide bonds. The molecule has 0 aliphatic rings. The Hall–Kier alpha value is -3.04. The van der Waals surface area contributed by atoms with Crippen LogP contribution in [0.5, 0.6) is 11.5 Å². The number of amides is 1. The zero-order chi connectivity index (χ0) is 22.6. The van der Waals surface area contributed by atoms with Crippen molar-refractivity contribution >= 4 is 33.0 Å². The maximum Gasteiger partial charge on any atom is 0.264 e. The van der Waals surface area contributed by atoms with Crippen LogP contribution in [0.2, 0.25) is 0 Å². The molecule has 1 N–H and O–H groups in total. The van der Waals surface area contributed by atoms with E-state index < -0.39 is 10.0 Å². The number of nitrogens with one attached hydrogen (secondary N) is 1. The number of methoxy groups -OCH3 is 2. The van der Waals surface area contributed by atoms with Gasteiger partial charge in [0.25, 0.3) is 15.9 Å². The molecular weight excluding hydrogens is 436 g/mol. The Morgan fingerprint density at radius 3 is 2.42 bits per heavy atom. The van der Waals surface area contributed by atoms with E-state index in [1.807, 2.05) is 6.92 Å². The van der Waals surface area contributed by atoms with Crippen LogP contribution in [0.3, 0.4) is 0 Å². The highest BCUT2D eigenvalue weighted by atomic mass is 32.2. The lowest BCUT2D eigenvalue weighted by Crippen LogP contribution is -2.29. The van der Waals surface area contributed by atoms with Crippen molar-refractivity contribution in [3.05, 3.63) is 69.9 Å². The van der Waals surface area contributed by atoms with E-state index in [-0.39, 0.29) is 17.3 Å². The second-order valence-electron chi connectivity index (χ2n) is 6.78. The van der Waals surface area contributed by atoms with Crippen molar-refractivity contribution in [2.24, 2.45) is 0 Å². The molecule has 9 heteroatoms. The van der Waals surface area contributed by atoms with Crippen molar-refractivity contribution in [2.45, 2.75) is 18.4 Å². The second kappa shape index (κ2) is 9.40. The number of hydrogen-bond donors (Lipinski definition) is 1. The number of anilines is 1. The van der Waals surface area contributed by atoms with Crippen LogP contribution in [-0.2, 0) is 16.6 Å². The molecular formula is C22H24N2O5S2. The quantitative estimate of drug-likeness (QED) is 0.552. The zero-order valence-corrected chi connectivity index (χ0v) is 19.3. The smallest absolute Gasteiger partial charge is 0.264 e. The second-order valence-corrected chi connectivity index (χ2v) is 9.67. The molecule has 0 fully saturated rings. The van der Waals surface area contributed by atoms with Gasteiger partial charge in [-0.1, -0.05) is 17.7 Å². The van der Waals surface area contributed by atoms with Crippen LogP contribution in [0.1, 0.15) is 20.8 Å². The number of carbonyl (C=O) groups is 1. The Bertz CT molecular complexity index is 1170. The summed E-state index contributed by atoms with van der Waals surface area (Å²) >= 11 is 1.18. The third-order valence-corrected chi connectivity index (χ3v) is 7.48. The number of benzene rings is 2. The van der Waals surface area contributed by atoms with E-state index in [0.29, 0.717) is 22.1 Å². The van der Waals surface area contributed by atoms with Crippen molar-refractivity contribution in [2.75, 3.05) is 25.6 Å². The van der Waals surface area contributed by atoms with Gasteiger partial charge in [-0.05, 0) is 48.7 Å². The Balaban J connectivity index is 1.81. The van der Waals surface area contributed by atoms with Crippen LogP contribution in [0, 0.1) is 6.92 Å². The molecule has 0 atom stereocenters. The van der Waals surface area contributed by atoms with Crippen molar-refractivity contribution in [3.63, 3.8) is 0 Å². The number of rotatable bonds is 8. The van der Waals surface area contributed by atoms with Crippen LogP contribution in [0.15, 0.2) is 58.8 Å². The van der Waals surface area contributed by atoms with E-state index in [1.165, 1.54) is 18.4 Å². The molecule has 0 aliphatic carbocycles. The molecule has 3 rings (SSSR count). The first-order chi connectivity index (χ1) is 14.8. The predicted octanol–water partition coefficient (Wildman–Crippen LogP) is 3.83. The topological polar surface area (TPSA) is 84.9 Å². The number of thiophene rings is 1. The normalized spacial score (nSPS) is 11.1. The minimum Gasteiger partial charge on any atom is -0.497 e. The third kappa shape index (κ3) is 4.83. The summed E-state index contributed by atoms with van der Waals surface area (Å²) in [6.07, 6.45) is 0. The summed E-state index contributed by atoms with van der Waals surface area (Å²) in [5.41, 5.74) is 2.03. The number of carbonyl (C=O) groups excluding carboxylic acids is 1. The molecule has 0 radical (unpaired) electrons. The molecule has 2 aromatic carbocycles. The van der Waals surface area contributed by atoms with Gasteiger partial charge in [0.1, 0.15) is 16.4 Å². The molecule has 0 bridgehead atoms. The summed E-state index contributed by atoms with van der Waals surface area (Å²) in [5, 5.41) is 4.53. The molecule has 7 nitrogen and oxygen atoms in total. The maximum atomic E-state index is 13.0. The van der Waals surface area contributed by atoms with Crippen molar-refractivity contribution < 1.29 is 22.7 Å². The summed E-state index contributed by atoms with van der Waals surface area (Å²) in [5.74, 6) is 0.887. The summed E-state index contributed by atoms with van der Waals surface area (Å²) in [7, 11) is 0.758. The van der Waals surface area contributed by atoms with E-state index in [0.717, 1.165) is 15.4 Å². The molecule has 0 spiro atoms. The fourth-order valence-corrected chi connectivity index (χ4v) is 5.10. The molecule has 0 unspecified atom stereocenters. The Kier molecular flexibility index (Phi) is 6.87. The lowest BCUT2D eigenvalue weighted by Gasteiger charge is -2.20. The fourth-order valence-electron chi connectivity index (χ4n) is 2.99. The van der Waals surface area contributed by atoms with Gasteiger partial charge in [-0.2, -0.15) is 0 Å². The van der Waals surface area contributed by atoms with Crippen LogP contribution in [0.25, 0.3) is 0 Å². The summed E-state index contributed by atoms with van der Waals surface area (Å²) in [6.45, 7) is 2.09. The van der Waals surface area contributed by atoms with Crippen molar-refractivity contribution in [3.8, 4) is 11.5 Å². The highest BCUT2D eigenvalue weighted by Crippen LogP contribution is 2.30. The fraction of sp³-hybridized carbons (Fsp3) is 0.227. The SMILES string of the molecule is COc1ccc(OC)c(CNC(=O)c2sccc2N(C)S(=O)(=O)c2ccc(C)cc2)c1. The van der Waals surface area contributed by atoms with Crippen LogP contribution < -0.4 is 19.1 Å². The average Bonchev–Trinajstić information content (AvgIpc) is 3.26. The third-order valence-electron chi connectivity index (χ3n) is 4.80. The minimum absolute atomic E-state index is 0.166. The number of hydrogen-bond acceptors (Lipinski definition) is 6. The van der Waals surface area contributed by atoms with Gasteiger partial charge in [-0.15, -0.1) is 11.3 Å². The molecule has 3 aromatic rings. The van der Waals surface area contributed by atoms with Crippen molar-refractivity contribution in [1.82, 2.24) is 5.32 Å².